The zero-order valence-corrected chi connectivity index (χ0v) is 20.9. The molecule has 0 aromatic heterocycles. The molecule has 0 unspecified atom stereocenters. The topological polar surface area (TPSA) is 111 Å². The molecule has 9 nitrogen and oxygen atoms in total. The lowest BCUT2D eigenvalue weighted by molar-refractivity contribution is -0.115. The van der Waals surface area contributed by atoms with E-state index in [1.165, 1.54) is 10.4 Å². The fourth-order valence-corrected chi connectivity index (χ4v) is 7.26. The molecule has 0 aliphatic carbocycles. The first kappa shape index (κ1) is 25.3. The van der Waals surface area contributed by atoms with E-state index in [9.17, 15) is 18.0 Å². The van der Waals surface area contributed by atoms with Gasteiger partial charge in [0.05, 0.1) is 17.0 Å². The van der Waals surface area contributed by atoms with Gasteiger partial charge in [-0.3, -0.25) is 9.59 Å². The highest BCUT2D eigenvalue weighted by Crippen LogP contribution is 2.33. The van der Waals surface area contributed by atoms with E-state index in [1.807, 2.05) is 14.0 Å². The minimum Gasteiger partial charge on any atom is -0.349 e. The number of rotatable bonds is 6. The average molecular weight is 516 g/mol. The van der Waals surface area contributed by atoms with Gasteiger partial charge in [0, 0.05) is 43.3 Å². The van der Waals surface area contributed by atoms with Crippen molar-refractivity contribution >= 4 is 39.3 Å². The molecule has 3 N–H and O–H groups in total. The summed E-state index contributed by atoms with van der Waals surface area (Å²) in [6, 6.07) is 2.26. The van der Waals surface area contributed by atoms with Gasteiger partial charge in [0.15, 0.2) is 6.30 Å². The van der Waals surface area contributed by atoms with Crippen LogP contribution in [0.5, 0.6) is 0 Å². The highest BCUT2D eigenvalue weighted by Gasteiger charge is 2.45. The van der Waals surface area contributed by atoms with E-state index < -0.39 is 34.5 Å². The third-order valence-corrected chi connectivity index (χ3v) is 9.39. The Kier molecular flexibility index (Phi) is 7.49. The molecule has 188 valence electrons. The van der Waals surface area contributed by atoms with Crippen molar-refractivity contribution in [2.75, 3.05) is 25.5 Å². The van der Waals surface area contributed by atoms with Gasteiger partial charge in [-0.1, -0.05) is 18.5 Å². The molecule has 2 saturated heterocycles. The smallest absolute Gasteiger partial charge is 0.284 e. The number of amides is 2. The minimum atomic E-state index is -3.96. The van der Waals surface area contributed by atoms with Crippen LogP contribution in [0.15, 0.2) is 12.1 Å². The van der Waals surface area contributed by atoms with Gasteiger partial charge in [0.25, 0.3) is 16.1 Å². The van der Waals surface area contributed by atoms with Gasteiger partial charge < -0.3 is 16.0 Å². The Hall–Kier alpha value is -1.79. The van der Waals surface area contributed by atoms with Crippen LogP contribution in [0.1, 0.15) is 54.9 Å². The molecule has 0 bridgehead atoms. The number of piperidine rings is 2. The second-order valence-electron chi connectivity index (χ2n) is 9.15. The highest BCUT2D eigenvalue weighted by atomic mass is 35.5. The summed E-state index contributed by atoms with van der Waals surface area (Å²) < 4.78 is 44.3. The first-order valence-electron chi connectivity index (χ1n) is 11.7. The van der Waals surface area contributed by atoms with Crippen LogP contribution < -0.4 is 16.0 Å². The molecule has 3 heterocycles. The predicted molar refractivity (Wildman–Crippen MR) is 128 cm³/mol. The lowest BCUT2D eigenvalue weighted by Gasteiger charge is -2.43. The van der Waals surface area contributed by atoms with Gasteiger partial charge in [-0.2, -0.15) is 17.0 Å². The van der Waals surface area contributed by atoms with Crippen molar-refractivity contribution in [3.05, 3.63) is 28.3 Å². The number of nitrogens with zero attached hydrogens (tertiary/aromatic N) is 2. The van der Waals surface area contributed by atoms with Crippen LogP contribution in [0.25, 0.3) is 0 Å². The summed E-state index contributed by atoms with van der Waals surface area (Å²) >= 11 is 6.26. The van der Waals surface area contributed by atoms with Crippen molar-refractivity contribution in [2.45, 2.75) is 69.9 Å². The van der Waals surface area contributed by atoms with E-state index in [1.54, 1.807) is 6.07 Å². The number of benzene rings is 1. The number of anilines is 1. The van der Waals surface area contributed by atoms with Crippen molar-refractivity contribution in [3.8, 4) is 0 Å². The standard InChI is InChI=1S/C22H31ClFN5O4S/c1-3-16-10-15(26-22(31)17-8-13-9-21(30)27-19(13)12-18(17)23)11-20(24)29(16)34(32,33)28-6-4-14(25-2)5-7-28/h8,12,14-16,20,25H,3-7,9-11H2,1-2H3,(H,26,31)(H,27,30)/t15-,16+,20+/m1/s1. The average Bonchev–Trinajstić information content (AvgIpc) is 3.16. The normalized spacial score (nSPS) is 26.8. The molecular weight excluding hydrogens is 485 g/mol. The number of hydrogen-bond donors (Lipinski definition) is 3. The molecule has 2 amide bonds. The molecular formula is C22H31ClFN5O4S. The van der Waals surface area contributed by atoms with E-state index in [2.05, 4.69) is 16.0 Å². The summed E-state index contributed by atoms with van der Waals surface area (Å²) in [5, 5.41) is 8.86. The molecule has 34 heavy (non-hydrogen) atoms. The molecule has 1 aromatic rings. The third-order valence-electron chi connectivity index (χ3n) is 7.00. The Morgan fingerprint density at radius 1 is 1.24 bits per heavy atom. The van der Waals surface area contributed by atoms with Gasteiger partial charge >= 0.3 is 0 Å². The summed E-state index contributed by atoms with van der Waals surface area (Å²) in [5.41, 5.74) is 1.47. The van der Waals surface area contributed by atoms with E-state index in [-0.39, 0.29) is 35.4 Å². The lowest BCUT2D eigenvalue weighted by Crippen LogP contribution is -2.59. The van der Waals surface area contributed by atoms with Gasteiger partial charge in [-0.25, -0.2) is 4.39 Å². The second kappa shape index (κ2) is 10.1. The first-order valence-corrected chi connectivity index (χ1v) is 13.4. The molecule has 1 aromatic carbocycles. The number of halogens is 2. The molecule has 3 aliphatic rings. The number of fused-ring (bicyclic) bond motifs is 1. The number of carbonyl (C=O) groups excluding carboxylic acids is 2. The highest BCUT2D eigenvalue weighted by molar-refractivity contribution is 7.86. The number of nitrogens with one attached hydrogen (secondary N) is 3. The van der Waals surface area contributed by atoms with Gasteiger partial charge in [0.1, 0.15) is 0 Å². The zero-order valence-electron chi connectivity index (χ0n) is 19.3. The molecule has 12 heteroatoms. The number of carbonyl (C=O) groups is 2. The summed E-state index contributed by atoms with van der Waals surface area (Å²) in [7, 11) is -2.11. The maximum atomic E-state index is 15.4. The fraction of sp³-hybridized carbons (Fsp3) is 0.636. The Morgan fingerprint density at radius 2 is 1.94 bits per heavy atom. The summed E-state index contributed by atoms with van der Waals surface area (Å²) in [4.78, 5) is 24.5. The molecule has 2 fully saturated rings. The molecule has 0 radical (unpaired) electrons. The van der Waals surface area contributed by atoms with Crippen LogP contribution in [0.4, 0.5) is 10.1 Å². The van der Waals surface area contributed by atoms with E-state index in [0.717, 1.165) is 4.31 Å². The van der Waals surface area contributed by atoms with Crippen molar-refractivity contribution < 1.29 is 22.4 Å². The van der Waals surface area contributed by atoms with Crippen LogP contribution in [-0.4, -0.2) is 73.4 Å². The maximum Gasteiger partial charge on any atom is 0.284 e. The van der Waals surface area contributed by atoms with Gasteiger partial charge in [-0.05, 0) is 50.4 Å². The molecule has 4 rings (SSSR count). The minimum absolute atomic E-state index is 0.142. The molecule has 0 saturated carbocycles. The van der Waals surface area contributed by atoms with Crippen molar-refractivity contribution in [3.63, 3.8) is 0 Å². The largest absolute Gasteiger partial charge is 0.349 e. The van der Waals surface area contributed by atoms with Crippen molar-refractivity contribution in [1.29, 1.82) is 0 Å². The number of alkyl halides is 1. The first-order chi connectivity index (χ1) is 16.1. The Morgan fingerprint density at radius 3 is 2.59 bits per heavy atom. The van der Waals surface area contributed by atoms with Gasteiger partial charge in [-0.15, -0.1) is 0 Å². The zero-order chi connectivity index (χ0) is 24.6. The summed E-state index contributed by atoms with van der Waals surface area (Å²) in [5.74, 6) is -0.636. The summed E-state index contributed by atoms with van der Waals surface area (Å²) in [6.07, 6.45) is 0.366. The van der Waals surface area contributed by atoms with Crippen LogP contribution in [0, 0.1) is 0 Å². The Labute approximate surface area is 204 Å². The maximum absolute atomic E-state index is 15.4. The number of hydrogen-bond acceptors (Lipinski definition) is 5. The second-order valence-corrected chi connectivity index (χ2v) is 11.4. The van der Waals surface area contributed by atoms with Crippen molar-refractivity contribution in [2.24, 2.45) is 0 Å². The lowest BCUT2D eigenvalue weighted by atomic mass is 9.96. The monoisotopic (exact) mass is 515 g/mol. The van der Waals surface area contributed by atoms with Crippen LogP contribution in [0.3, 0.4) is 0 Å². The Bertz CT molecular complexity index is 1060. The molecule has 3 atom stereocenters. The van der Waals surface area contributed by atoms with Crippen LogP contribution in [-0.2, 0) is 21.4 Å². The molecule has 0 spiro atoms. The summed E-state index contributed by atoms with van der Waals surface area (Å²) in [6.45, 7) is 2.52. The van der Waals surface area contributed by atoms with Crippen LogP contribution in [0.2, 0.25) is 5.02 Å². The van der Waals surface area contributed by atoms with E-state index in [4.69, 9.17) is 11.6 Å². The van der Waals surface area contributed by atoms with E-state index >= 15 is 4.39 Å². The quantitative estimate of drug-likeness (QED) is 0.502. The SMILES string of the molecule is CC[C@H]1C[C@@H](NC(=O)c2cc3c(cc2Cl)NC(=O)C3)C[C@@H](F)N1S(=O)(=O)N1CCC(NC)CC1. The Balaban J connectivity index is 1.45. The van der Waals surface area contributed by atoms with Gasteiger partial charge in [0.2, 0.25) is 5.91 Å². The third kappa shape index (κ3) is 4.94. The van der Waals surface area contributed by atoms with Crippen LogP contribution >= 0.6 is 11.6 Å². The van der Waals surface area contributed by atoms with E-state index in [0.29, 0.717) is 50.0 Å². The fourth-order valence-electron chi connectivity index (χ4n) is 5.09. The molecule has 3 aliphatic heterocycles. The van der Waals surface area contributed by atoms with Crippen molar-refractivity contribution in [1.82, 2.24) is 19.2 Å². The predicted octanol–water partition coefficient (Wildman–Crippen LogP) is 2.03.